The van der Waals surface area contributed by atoms with Crippen molar-refractivity contribution in [3.05, 3.63) is 90.3 Å². The highest BCUT2D eigenvalue weighted by Gasteiger charge is 2.07. The number of rotatable bonds is 3. The molecule has 0 aromatic heterocycles. The molecule has 0 heterocycles. The van der Waals surface area contributed by atoms with Crippen LogP contribution in [-0.2, 0) is 0 Å². The maximum Gasteiger partial charge on any atom is 0.131 e. The Morgan fingerprint density at radius 3 is 1.95 bits per heavy atom. The molecular formula is C21H17F. The lowest BCUT2D eigenvalue weighted by atomic mass is 9.98. The van der Waals surface area contributed by atoms with Crippen LogP contribution < -0.4 is 0 Å². The third-order valence-corrected chi connectivity index (χ3v) is 3.81. The molecule has 22 heavy (non-hydrogen) atoms. The van der Waals surface area contributed by atoms with E-state index in [-0.39, 0.29) is 5.82 Å². The Bertz CT molecular complexity index is 796. The van der Waals surface area contributed by atoms with Gasteiger partial charge in [0.15, 0.2) is 0 Å². The van der Waals surface area contributed by atoms with Crippen molar-refractivity contribution in [2.75, 3.05) is 0 Å². The van der Waals surface area contributed by atoms with Crippen LogP contribution in [0.5, 0.6) is 0 Å². The van der Waals surface area contributed by atoms with Crippen molar-refractivity contribution >= 4 is 6.08 Å². The molecule has 3 aromatic carbocycles. The zero-order valence-electron chi connectivity index (χ0n) is 12.5. The highest BCUT2D eigenvalue weighted by molar-refractivity contribution is 5.71. The number of hydrogen-bond donors (Lipinski definition) is 0. The molecule has 3 aromatic rings. The van der Waals surface area contributed by atoms with E-state index in [0.717, 1.165) is 22.3 Å². The van der Waals surface area contributed by atoms with Gasteiger partial charge in [0.25, 0.3) is 0 Å². The molecule has 0 aliphatic heterocycles. The summed E-state index contributed by atoms with van der Waals surface area (Å²) >= 11 is 0. The first-order valence-corrected chi connectivity index (χ1v) is 7.27. The average Bonchev–Trinajstić information content (AvgIpc) is 2.56. The summed E-state index contributed by atoms with van der Waals surface area (Å²) in [7, 11) is 0. The van der Waals surface area contributed by atoms with Crippen molar-refractivity contribution in [1.29, 1.82) is 0 Å². The zero-order chi connectivity index (χ0) is 15.5. The molecule has 0 aliphatic rings. The van der Waals surface area contributed by atoms with Crippen molar-refractivity contribution < 1.29 is 4.39 Å². The maximum absolute atomic E-state index is 14.5. The third kappa shape index (κ3) is 2.84. The summed E-state index contributed by atoms with van der Waals surface area (Å²) in [6.07, 6.45) is 1.80. The molecule has 0 aliphatic carbocycles. The second-order valence-corrected chi connectivity index (χ2v) is 5.39. The summed E-state index contributed by atoms with van der Waals surface area (Å²) in [5.41, 5.74) is 5.63. The van der Waals surface area contributed by atoms with Gasteiger partial charge >= 0.3 is 0 Å². The maximum atomic E-state index is 14.5. The van der Waals surface area contributed by atoms with Gasteiger partial charge in [-0.2, -0.15) is 0 Å². The van der Waals surface area contributed by atoms with E-state index in [4.69, 9.17) is 0 Å². The van der Waals surface area contributed by atoms with Crippen LogP contribution in [0, 0.1) is 12.7 Å². The molecule has 0 amide bonds. The molecule has 108 valence electrons. The number of hydrogen-bond acceptors (Lipinski definition) is 0. The Labute approximate surface area is 130 Å². The quantitative estimate of drug-likeness (QED) is 0.545. The van der Waals surface area contributed by atoms with E-state index < -0.39 is 0 Å². The summed E-state index contributed by atoms with van der Waals surface area (Å²) in [5, 5.41) is 0. The van der Waals surface area contributed by atoms with E-state index in [1.54, 1.807) is 12.1 Å². The van der Waals surface area contributed by atoms with Crippen molar-refractivity contribution in [1.82, 2.24) is 0 Å². The largest absolute Gasteiger partial charge is 0.206 e. The average molecular weight is 288 g/mol. The molecule has 1 heteroatoms. The van der Waals surface area contributed by atoms with Gasteiger partial charge in [-0.25, -0.2) is 4.39 Å². The number of aryl methyl sites for hydroxylation is 1. The van der Waals surface area contributed by atoms with E-state index >= 15 is 0 Å². The van der Waals surface area contributed by atoms with Crippen LogP contribution in [0.3, 0.4) is 0 Å². The molecule has 0 N–H and O–H groups in total. The van der Waals surface area contributed by atoms with Crippen LogP contribution in [0.15, 0.2) is 73.3 Å². The molecule has 0 radical (unpaired) electrons. The van der Waals surface area contributed by atoms with Crippen LogP contribution in [0.4, 0.5) is 4.39 Å². The predicted molar refractivity (Wildman–Crippen MR) is 92.1 cm³/mol. The van der Waals surface area contributed by atoms with Gasteiger partial charge in [-0.3, -0.25) is 0 Å². The SMILES string of the molecule is C=Cc1ccc(-c2ccc(-c3ccc(C)cc3)c(F)c2)cc1. The van der Waals surface area contributed by atoms with E-state index in [9.17, 15) is 4.39 Å². The normalized spacial score (nSPS) is 10.5. The van der Waals surface area contributed by atoms with Crippen molar-refractivity contribution in [2.45, 2.75) is 6.92 Å². The second-order valence-electron chi connectivity index (χ2n) is 5.39. The van der Waals surface area contributed by atoms with Crippen molar-refractivity contribution in [3.63, 3.8) is 0 Å². The predicted octanol–water partition coefficient (Wildman–Crippen LogP) is 6.11. The van der Waals surface area contributed by atoms with Crippen LogP contribution in [0.1, 0.15) is 11.1 Å². The smallest absolute Gasteiger partial charge is 0.131 e. The molecule has 0 nitrogen and oxygen atoms in total. The Morgan fingerprint density at radius 1 is 0.773 bits per heavy atom. The van der Waals surface area contributed by atoms with Gasteiger partial charge in [0.2, 0.25) is 0 Å². The Kier molecular flexibility index (Phi) is 3.88. The van der Waals surface area contributed by atoms with Crippen LogP contribution >= 0.6 is 0 Å². The molecule has 0 fully saturated rings. The van der Waals surface area contributed by atoms with Crippen LogP contribution in [-0.4, -0.2) is 0 Å². The Hall–Kier alpha value is -2.67. The Morgan fingerprint density at radius 2 is 1.36 bits per heavy atom. The number of halogens is 1. The van der Waals surface area contributed by atoms with E-state index in [2.05, 4.69) is 6.58 Å². The molecule has 0 bridgehead atoms. The first-order valence-electron chi connectivity index (χ1n) is 7.27. The van der Waals surface area contributed by atoms with Gasteiger partial charge in [-0.05, 0) is 35.2 Å². The van der Waals surface area contributed by atoms with Gasteiger partial charge in [-0.1, -0.05) is 78.9 Å². The molecule has 0 spiro atoms. The molecule has 3 rings (SSSR count). The first-order chi connectivity index (χ1) is 10.7. The lowest BCUT2D eigenvalue weighted by molar-refractivity contribution is 0.632. The van der Waals surface area contributed by atoms with Gasteiger partial charge in [0.05, 0.1) is 0 Å². The molecule has 0 saturated carbocycles. The topological polar surface area (TPSA) is 0 Å². The fraction of sp³-hybridized carbons (Fsp3) is 0.0476. The summed E-state index contributed by atoms with van der Waals surface area (Å²) in [6.45, 7) is 5.76. The van der Waals surface area contributed by atoms with E-state index in [1.807, 2.05) is 67.6 Å². The molecule has 0 saturated heterocycles. The Balaban J connectivity index is 1.97. The fourth-order valence-corrected chi connectivity index (χ4v) is 2.47. The standard InChI is InChI=1S/C21H17F/c1-3-16-6-10-17(11-7-16)19-12-13-20(21(22)14-19)18-8-4-15(2)5-9-18/h3-14H,1H2,2H3. The monoisotopic (exact) mass is 288 g/mol. The second kappa shape index (κ2) is 5.98. The lowest BCUT2D eigenvalue weighted by Gasteiger charge is -2.08. The van der Waals surface area contributed by atoms with Crippen LogP contribution in [0.25, 0.3) is 28.3 Å². The lowest BCUT2D eigenvalue weighted by Crippen LogP contribution is -1.87. The minimum Gasteiger partial charge on any atom is -0.206 e. The minimum absolute atomic E-state index is 0.200. The fourth-order valence-electron chi connectivity index (χ4n) is 2.47. The highest BCUT2D eigenvalue weighted by Crippen LogP contribution is 2.28. The van der Waals surface area contributed by atoms with Crippen molar-refractivity contribution in [2.24, 2.45) is 0 Å². The molecule has 0 atom stereocenters. The summed E-state index contributed by atoms with van der Waals surface area (Å²) in [4.78, 5) is 0. The van der Waals surface area contributed by atoms with Crippen LogP contribution in [0.2, 0.25) is 0 Å². The van der Waals surface area contributed by atoms with Gasteiger partial charge in [0, 0.05) is 5.56 Å². The van der Waals surface area contributed by atoms with Gasteiger partial charge in [-0.15, -0.1) is 0 Å². The first kappa shape index (κ1) is 14.3. The van der Waals surface area contributed by atoms with E-state index in [1.165, 1.54) is 5.56 Å². The minimum atomic E-state index is -0.200. The highest BCUT2D eigenvalue weighted by atomic mass is 19.1. The molecular weight excluding hydrogens is 271 g/mol. The zero-order valence-corrected chi connectivity index (χ0v) is 12.5. The van der Waals surface area contributed by atoms with Gasteiger partial charge < -0.3 is 0 Å². The summed E-state index contributed by atoms with van der Waals surface area (Å²) < 4.78 is 14.5. The number of benzene rings is 3. The van der Waals surface area contributed by atoms with E-state index in [0.29, 0.717) is 5.56 Å². The third-order valence-electron chi connectivity index (χ3n) is 3.81. The molecule has 0 unspecified atom stereocenters. The summed E-state index contributed by atoms with van der Waals surface area (Å²) in [5.74, 6) is -0.200. The van der Waals surface area contributed by atoms with Crippen molar-refractivity contribution in [3.8, 4) is 22.3 Å². The van der Waals surface area contributed by atoms with Gasteiger partial charge in [0.1, 0.15) is 5.82 Å². The summed E-state index contributed by atoms with van der Waals surface area (Å²) in [6, 6.07) is 21.2.